The van der Waals surface area contributed by atoms with Gasteiger partial charge in [0, 0.05) is 30.8 Å². The molecule has 1 aromatic carbocycles. The zero-order chi connectivity index (χ0) is 20.1. The predicted molar refractivity (Wildman–Crippen MR) is 105 cm³/mol. The number of carbonyl (C=O) groups is 1. The molecule has 4 N–H and O–H groups in total. The molecule has 0 aliphatic carbocycles. The summed E-state index contributed by atoms with van der Waals surface area (Å²) in [6, 6.07) is 5.91. The molecule has 2 rings (SSSR count). The summed E-state index contributed by atoms with van der Waals surface area (Å²) >= 11 is 0. The highest BCUT2D eigenvalue weighted by atomic mass is 32.2. The minimum atomic E-state index is -3.63. The molecule has 1 aliphatic rings. The number of hydrogen-bond acceptors (Lipinski definition) is 5. The van der Waals surface area contributed by atoms with Gasteiger partial charge < -0.3 is 15.8 Å². The first kappa shape index (κ1) is 21.8. The molecule has 27 heavy (non-hydrogen) atoms. The Morgan fingerprint density at radius 1 is 1.33 bits per heavy atom. The van der Waals surface area contributed by atoms with E-state index in [0.717, 1.165) is 19.3 Å². The van der Waals surface area contributed by atoms with Crippen LogP contribution in [-0.4, -0.2) is 45.7 Å². The Kier molecular flexibility index (Phi) is 7.39. The monoisotopic (exact) mass is 397 g/mol. The number of nitrogens with one attached hydrogen (secondary N) is 2. The van der Waals surface area contributed by atoms with E-state index in [-0.39, 0.29) is 23.5 Å². The van der Waals surface area contributed by atoms with E-state index < -0.39 is 15.6 Å². The Hall–Kier alpha value is -1.48. The quantitative estimate of drug-likeness (QED) is 0.587. The average Bonchev–Trinajstić information content (AvgIpc) is 3.13. The minimum absolute atomic E-state index is 0.0697. The first-order valence-electron chi connectivity index (χ1n) is 9.39. The van der Waals surface area contributed by atoms with Gasteiger partial charge in [-0.25, -0.2) is 13.1 Å². The summed E-state index contributed by atoms with van der Waals surface area (Å²) in [7, 11) is -3.63. The lowest BCUT2D eigenvalue weighted by Gasteiger charge is -2.31. The third-order valence-corrected chi connectivity index (χ3v) is 6.12. The number of rotatable bonds is 9. The highest BCUT2D eigenvalue weighted by Crippen LogP contribution is 2.17. The van der Waals surface area contributed by atoms with Crippen LogP contribution >= 0.6 is 0 Å². The van der Waals surface area contributed by atoms with Gasteiger partial charge in [-0.05, 0) is 56.4 Å². The van der Waals surface area contributed by atoms with Crippen molar-refractivity contribution < 1.29 is 17.9 Å². The largest absolute Gasteiger partial charge is 0.377 e. The van der Waals surface area contributed by atoms with Gasteiger partial charge in [0.05, 0.1) is 11.0 Å². The minimum Gasteiger partial charge on any atom is -0.377 e. The van der Waals surface area contributed by atoms with Gasteiger partial charge in [0.25, 0.3) is 5.91 Å². The molecule has 0 saturated carbocycles. The molecule has 0 spiro atoms. The smallest absolute Gasteiger partial charge is 0.251 e. The second-order valence-corrected chi connectivity index (χ2v) is 9.60. The van der Waals surface area contributed by atoms with Crippen LogP contribution in [0.25, 0.3) is 0 Å². The van der Waals surface area contributed by atoms with E-state index in [2.05, 4.69) is 23.9 Å². The van der Waals surface area contributed by atoms with Gasteiger partial charge in [-0.2, -0.15) is 0 Å². The van der Waals surface area contributed by atoms with Crippen molar-refractivity contribution in [2.75, 3.05) is 19.7 Å². The number of amides is 1. The summed E-state index contributed by atoms with van der Waals surface area (Å²) in [5, 5.41) is 2.97. The maximum Gasteiger partial charge on any atom is 0.251 e. The molecular formula is C19H31N3O4S. The molecular weight excluding hydrogens is 366 g/mol. The maximum atomic E-state index is 12.5. The molecule has 2 atom stereocenters. The third kappa shape index (κ3) is 6.27. The van der Waals surface area contributed by atoms with Crippen molar-refractivity contribution in [3.8, 4) is 0 Å². The zero-order valence-corrected chi connectivity index (χ0v) is 17.1. The highest BCUT2D eigenvalue weighted by molar-refractivity contribution is 7.89. The summed E-state index contributed by atoms with van der Waals surface area (Å²) in [6.07, 6.45) is 2.50. The molecule has 1 saturated heterocycles. The lowest BCUT2D eigenvalue weighted by molar-refractivity contribution is 0.0898. The first-order valence-corrected chi connectivity index (χ1v) is 10.9. The SMILES string of the molecule is CC(C)CC(C)(CN)NC(=O)c1ccc(S(=O)(=O)NCC2CCCO2)cc1. The standard InChI is InChI=1S/C19H31N3O4S/c1-14(2)11-19(3,13-20)22-18(23)15-6-8-17(9-7-15)27(24,25)21-12-16-5-4-10-26-16/h6-9,14,16,21H,4-5,10-13,20H2,1-3H3,(H,22,23). The van der Waals surface area contributed by atoms with Gasteiger partial charge in [0.1, 0.15) is 0 Å². The second kappa shape index (κ2) is 9.14. The Bertz CT molecular complexity index is 728. The van der Waals surface area contributed by atoms with Crippen molar-refractivity contribution in [2.45, 2.75) is 56.6 Å². The maximum absolute atomic E-state index is 12.5. The van der Waals surface area contributed by atoms with Gasteiger partial charge in [-0.3, -0.25) is 4.79 Å². The molecule has 2 unspecified atom stereocenters. The fraction of sp³-hybridized carbons (Fsp3) is 0.632. The van der Waals surface area contributed by atoms with Crippen molar-refractivity contribution in [1.29, 1.82) is 0 Å². The summed E-state index contributed by atoms with van der Waals surface area (Å²) in [5.41, 5.74) is 5.73. The number of carbonyl (C=O) groups excluding carboxylic acids is 1. The van der Waals surface area contributed by atoms with E-state index >= 15 is 0 Å². The number of nitrogens with two attached hydrogens (primary N) is 1. The molecule has 0 bridgehead atoms. The Labute approximate surface area is 162 Å². The van der Waals surface area contributed by atoms with E-state index in [9.17, 15) is 13.2 Å². The summed E-state index contributed by atoms with van der Waals surface area (Å²) in [4.78, 5) is 12.6. The van der Waals surface area contributed by atoms with Crippen LogP contribution in [0.15, 0.2) is 29.2 Å². The van der Waals surface area contributed by atoms with Gasteiger partial charge in [0.2, 0.25) is 10.0 Å². The Balaban J connectivity index is 2.01. The van der Waals surface area contributed by atoms with Crippen molar-refractivity contribution in [2.24, 2.45) is 11.7 Å². The van der Waals surface area contributed by atoms with Crippen LogP contribution in [0.3, 0.4) is 0 Å². The zero-order valence-electron chi connectivity index (χ0n) is 16.3. The first-order chi connectivity index (χ1) is 12.6. The second-order valence-electron chi connectivity index (χ2n) is 7.83. The van der Waals surface area contributed by atoms with Crippen molar-refractivity contribution in [3.05, 3.63) is 29.8 Å². The lowest BCUT2D eigenvalue weighted by Crippen LogP contribution is -2.52. The van der Waals surface area contributed by atoms with Crippen LogP contribution in [-0.2, 0) is 14.8 Å². The van der Waals surface area contributed by atoms with Crippen LogP contribution < -0.4 is 15.8 Å². The van der Waals surface area contributed by atoms with Crippen molar-refractivity contribution in [1.82, 2.24) is 10.0 Å². The van der Waals surface area contributed by atoms with Crippen LogP contribution in [0.2, 0.25) is 0 Å². The summed E-state index contributed by atoms with van der Waals surface area (Å²) in [5.74, 6) is 0.126. The number of ether oxygens (including phenoxy) is 1. The van der Waals surface area contributed by atoms with Gasteiger partial charge >= 0.3 is 0 Å². The molecule has 1 fully saturated rings. The molecule has 1 aromatic rings. The van der Waals surface area contributed by atoms with Crippen LogP contribution in [0.5, 0.6) is 0 Å². The topological polar surface area (TPSA) is 111 Å². The number of hydrogen-bond donors (Lipinski definition) is 3. The van der Waals surface area contributed by atoms with Gasteiger partial charge in [-0.1, -0.05) is 13.8 Å². The summed E-state index contributed by atoms with van der Waals surface area (Å²) < 4.78 is 32.8. The van der Waals surface area contributed by atoms with Gasteiger partial charge in [0.15, 0.2) is 0 Å². The van der Waals surface area contributed by atoms with Crippen molar-refractivity contribution >= 4 is 15.9 Å². The molecule has 7 nitrogen and oxygen atoms in total. The third-order valence-electron chi connectivity index (χ3n) is 4.68. The lowest BCUT2D eigenvalue weighted by atomic mass is 9.90. The van der Waals surface area contributed by atoms with Crippen LogP contribution in [0.4, 0.5) is 0 Å². The Morgan fingerprint density at radius 3 is 2.52 bits per heavy atom. The molecule has 152 valence electrons. The highest BCUT2D eigenvalue weighted by Gasteiger charge is 2.26. The predicted octanol–water partition coefficient (Wildman–Crippen LogP) is 1.64. The molecule has 1 aliphatic heterocycles. The van der Waals surface area contributed by atoms with Crippen LogP contribution in [0, 0.1) is 5.92 Å². The molecule has 1 amide bonds. The Morgan fingerprint density at radius 2 is 2.00 bits per heavy atom. The molecule has 0 radical (unpaired) electrons. The molecule has 8 heteroatoms. The van der Waals surface area contributed by atoms with E-state index in [4.69, 9.17) is 10.5 Å². The summed E-state index contributed by atoms with van der Waals surface area (Å²) in [6.45, 7) is 7.32. The van der Waals surface area contributed by atoms with E-state index in [1.54, 1.807) is 0 Å². The normalized spacial score (nSPS) is 19.8. The average molecular weight is 398 g/mol. The molecule has 1 heterocycles. The number of benzene rings is 1. The fourth-order valence-electron chi connectivity index (χ4n) is 3.31. The van der Waals surface area contributed by atoms with Gasteiger partial charge in [-0.15, -0.1) is 0 Å². The van der Waals surface area contributed by atoms with E-state index in [1.807, 2.05) is 6.92 Å². The van der Waals surface area contributed by atoms with Crippen LogP contribution in [0.1, 0.15) is 50.4 Å². The van der Waals surface area contributed by atoms with Crippen molar-refractivity contribution in [3.63, 3.8) is 0 Å². The van der Waals surface area contributed by atoms with E-state index in [0.29, 0.717) is 24.6 Å². The van der Waals surface area contributed by atoms with E-state index in [1.165, 1.54) is 24.3 Å². The number of sulfonamides is 1. The fourth-order valence-corrected chi connectivity index (χ4v) is 4.38. The molecule has 0 aromatic heterocycles.